The molecule has 0 amide bonds. The van der Waals surface area contributed by atoms with E-state index in [0.29, 0.717) is 22.6 Å². The highest BCUT2D eigenvalue weighted by molar-refractivity contribution is 9.11. The van der Waals surface area contributed by atoms with Crippen molar-refractivity contribution in [3.63, 3.8) is 0 Å². The minimum absolute atomic E-state index is 0.413. The second-order valence-electron chi connectivity index (χ2n) is 3.62. The Kier molecular flexibility index (Phi) is 6.12. The quantitative estimate of drug-likeness (QED) is 0.679. The summed E-state index contributed by atoms with van der Waals surface area (Å²) in [4.78, 5) is 0. The van der Waals surface area contributed by atoms with Gasteiger partial charge in [0.15, 0.2) is 0 Å². The maximum atomic E-state index is 12.4. The standard InChI is InChI=1S/C10H15Br2NO2S2/c1-3-5-13(6-4-11)17(14,15)9-7-8(2)10(12)16-9/h7H,3-6H2,1-2H3. The molecule has 0 spiro atoms. The van der Waals surface area contributed by atoms with Gasteiger partial charge in [-0.1, -0.05) is 22.9 Å². The number of nitrogens with zero attached hydrogens (tertiary/aromatic N) is 1. The molecule has 0 aliphatic heterocycles. The van der Waals surface area contributed by atoms with Gasteiger partial charge in [0.05, 0.1) is 3.79 Å². The average Bonchev–Trinajstić information content (AvgIpc) is 2.59. The first-order valence-electron chi connectivity index (χ1n) is 5.25. The number of alkyl halides is 1. The van der Waals surface area contributed by atoms with Crippen molar-refractivity contribution in [2.75, 3.05) is 18.4 Å². The zero-order valence-electron chi connectivity index (χ0n) is 9.74. The topological polar surface area (TPSA) is 37.4 Å². The van der Waals surface area contributed by atoms with Crippen LogP contribution < -0.4 is 0 Å². The fraction of sp³-hybridized carbons (Fsp3) is 0.600. The Morgan fingerprint density at radius 3 is 2.47 bits per heavy atom. The van der Waals surface area contributed by atoms with Gasteiger partial charge in [0.25, 0.3) is 10.0 Å². The molecule has 1 aromatic rings. The average molecular weight is 405 g/mol. The van der Waals surface area contributed by atoms with E-state index in [1.165, 1.54) is 15.6 Å². The van der Waals surface area contributed by atoms with Gasteiger partial charge < -0.3 is 0 Å². The molecule has 17 heavy (non-hydrogen) atoms. The van der Waals surface area contributed by atoms with Crippen molar-refractivity contribution in [2.45, 2.75) is 24.5 Å². The third-order valence-electron chi connectivity index (χ3n) is 2.24. The summed E-state index contributed by atoms with van der Waals surface area (Å²) in [5, 5.41) is 0.651. The molecule has 98 valence electrons. The number of sulfonamides is 1. The van der Waals surface area contributed by atoms with Crippen LogP contribution in [0.1, 0.15) is 18.9 Å². The molecule has 0 N–H and O–H groups in total. The number of rotatable bonds is 6. The number of thiophene rings is 1. The van der Waals surface area contributed by atoms with E-state index in [2.05, 4.69) is 31.9 Å². The lowest BCUT2D eigenvalue weighted by molar-refractivity contribution is 0.431. The zero-order chi connectivity index (χ0) is 13.1. The lowest BCUT2D eigenvalue weighted by Gasteiger charge is -2.19. The van der Waals surface area contributed by atoms with E-state index in [1.807, 2.05) is 13.8 Å². The summed E-state index contributed by atoms with van der Waals surface area (Å²) in [6, 6.07) is 1.72. The van der Waals surface area contributed by atoms with Crippen LogP contribution in [0.2, 0.25) is 0 Å². The minimum Gasteiger partial charge on any atom is -0.206 e. The van der Waals surface area contributed by atoms with E-state index in [0.717, 1.165) is 15.8 Å². The van der Waals surface area contributed by atoms with Crippen LogP contribution in [0.4, 0.5) is 0 Å². The molecule has 0 atom stereocenters. The van der Waals surface area contributed by atoms with Crippen LogP contribution in [0.25, 0.3) is 0 Å². The Morgan fingerprint density at radius 2 is 2.06 bits per heavy atom. The Balaban J connectivity index is 3.06. The predicted molar refractivity (Wildman–Crippen MR) is 79.6 cm³/mol. The summed E-state index contributed by atoms with van der Waals surface area (Å²) in [7, 11) is -3.34. The predicted octanol–water partition coefficient (Wildman–Crippen LogP) is 3.61. The second-order valence-corrected chi connectivity index (χ2v) is 8.94. The van der Waals surface area contributed by atoms with Crippen LogP contribution >= 0.6 is 43.2 Å². The summed E-state index contributed by atoms with van der Waals surface area (Å²) >= 11 is 7.93. The SMILES string of the molecule is CCCN(CCBr)S(=O)(=O)c1cc(C)c(Br)s1. The molecular formula is C10H15Br2NO2S2. The lowest BCUT2D eigenvalue weighted by Crippen LogP contribution is -2.33. The maximum Gasteiger partial charge on any atom is 0.252 e. The summed E-state index contributed by atoms with van der Waals surface area (Å²) in [6.45, 7) is 4.94. The molecule has 0 saturated carbocycles. The van der Waals surface area contributed by atoms with Gasteiger partial charge in [0, 0.05) is 18.4 Å². The second kappa shape index (κ2) is 6.65. The highest BCUT2D eigenvalue weighted by atomic mass is 79.9. The number of hydrogen-bond acceptors (Lipinski definition) is 3. The van der Waals surface area contributed by atoms with E-state index in [-0.39, 0.29) is 0 Å². The van der Waals surface area contributed by atoms with Crippen molar-refractivity contribution < 1.29 is 8.42 Å². The van der Waals surface area contributed by atoms with Crippen molar-refractivity contribution >= 4 is 53.2 Å². The van der Waals surface area contributed by atoms with Gasteiger partial charge in [-0.05, 0) is 40.9 Å². The van der Waals surface area contributed by atoms with Crippen molar-refractivity contribution in [1.29, 1.82) is 0 Å². The van der Waals surface area contributed by atoms with E-state index in [9.17, 15) is 8.42 Å². The molecular weight excluding hydrogens is 390 g/mol. The summed E-state index contributed by atoms with van der Waals surface area (Å²) in [5.74, 6) is 0. The van der Waals surface area contributed by atoms with E-state index >= 15 is 0 Å². The Bertz CT molecular complexity index is 445. The molecule has 1 aromatic heterocycles. The highest BCUT2D eigenvalue weighted by Gasteiger charge is 2.25. The molecule has 1 heterocycles. The molecule has 3 nitrogen and oxygen atoms in total. The molecule has 0 unspecified atom stereocenters. The third kappa shape index (κ3) is 3.76. The maximum absolute atomic E-state index is 12.4. The summed E-state index contributed by atoms with van der Waals surface area (Å²) < 4.78 is 27.6. The molecule has 0 fully saturated rings. The van der Waals surface area contributed by atoms with E-state index < -0.39 is 10.0 Å². The van der Waals surface area contributed by atoms with Crippen molar-refractivity contribution in [2.24, 2.45) is 0 Å². The molecule has 1 rings (SSSR count). The van der Waals surface area contributed by atoms with E-state index in [4.69, 9.17) is 0 Å². The fourth-order valence-electron chi connectivity index (χ4n) is 1.38. The normalized spacial score (nSPS) is 12.3. The highest BCUT2D eigenvalue weighted by Crippen LogP contribution is 2.32. The molecule has 7 heteroatoms. The van der Waals surface area contributed by atoms with Crippen LogP contribution in [0.5, 0.6) is 0 Å². The first-order valence-corrected chi connectivity index (χ1v) is 9.42. The smallest absolute Gasteiger partial charge is 0.206 e. The van der Waals surface area contributed by atoms with Gasteiger partial charge in [-0.2, -0.15) is 4.31 Å². The minimum atomic E-state index is -3.34. The Hall–Kier alpha value is 0.570. The molecule has 0 saturated heterocycles. The molecule has 0 aliphatic carbocycles. The van der Waals surface area contributed by atoms with Gasteiger partial charge in [0.1, 0.15) is 4.21 Å². The molecule has 0 aliphatic rings. The fourth-order valence-corrected chi connectivity index (χ4v) is 5.96. The van der Waals surface area contributed by atoms with Crippen LogP contribution in [0.15, 0.2) is 14.1 Å². The summed E-state index contributed by atoms with van der Waals surface area (Å²) in [6.07, 6.45) is 0.817. The lowest BCUT2D eigenvalue weighted by atomic mass is 10.4. The van der Waals surface area contributed by atoms with Gasteiger partial charge in [-0.15, -0.1) is 11.3 Å². The van der Waals surface area contributed by atoms with Crippen LogP contribution in [-0.2, 0) is 10.0 Å². The van der Waals surface area contributed by atoms with Gasteiger partial charge in [-0.25, -0.2) is 8.42 Å². The number of hydrogen-bond donors (Lipinski definition) is 0. The number of halogens is 2. The monoisotopic (exact) mass is 403 g/mol. The molecule has 0 bridgehead atoms. The molecule has 0 aromatic carbocycles. The van der Waals surface area contributed by atoms with Crippen LogP contribution in [0.3, 0.4) is 0 Å². The Morgan fingerprint density at radius 1 is 1.41 bits per heavy atom. The first kappa shape index (κ1) is 15.6. The van der Waals surface area contributed by atoms with Gasteiger partial charge in [-0.3, -0.25) is 0 Å². The largest absolute Gasteiger partial charge is 0.252 e. The van der Waals surface area contributed by atoms with Crippen LogP contribution in [-0.4, -0.2) is 31.1 Å². The molecule has 0 radical (unpaired) electrons. The van der Waals surface area contributed by atoms with Gasteiger partial charge >= 0.3 is 0 Å². The zero-order valence-corrected chi connectivity index (χ0v) is 14.5. The van der Waals surface area contributed by atoms with Crippen LogP contribution in [0, 0.1) is 6.92 Å². The van der Waals surface area contributed by atoms with Crippen molar-refractivity contribution in [3.8, 4) is 0 Å². The summed E-state index contributed by atoms with van der Waals surface area (Å²) in [5.41, 5.74) is 0.962. The first-order chi connectivity index (χ1) is 7.93. The van der Waals surface area contributed by atoms with Crippen molar-refractivity contribution in [3.05, 3.63) is 15.4 Å². The van der Waals surface area contributed by atoms with E-state index in [1.54, 1.807) is 6.07 Å². The van der Waals surface area contributed by atoms with Gasteiger partial charge in [0.2, 0.25) is 0 Å². The number of aryl methyl sites for hydroxylation is 1. The van der Waals surface area contributed by atoms with Crippen molar-refractivity contribution in [1.82, 2.24) is 4.31 Å². The Labute approximate surface area is 124 Å². The third-order valence-corrected chi connectivity index (χ3v) is 7.07.